The molecule has 0 radical (unpaired) electrons. The minimum Gasteiger partial charge on any atom is -0.484 e. The lowest BCUT2D eigenvalue weighted by molar-refractivity contribution is -0.118. The van der Waals surface area contributed by atoms with Gasteiger partial charge in [-0.2, -0.15) is 0 Å². The minimum atomic E-state index is -0.494. The van der Waals surface area contributed by atoms with Crippen molar-refractivity contribution in [2.75, 3.05) is 50.1 Å². The summed E-state index contributed by atoms with van der Waals surface area (Å²) in [6.07, 6.45) is 0. The monoisotopic (exact) mass is 501 g/mol. The first-order chi connectivity index (χ1) is 17.8. The summed E-state index contributed by atoms with van der Waals surface area (Å²) in [6.45, 7) is 6.00. The normalized spacial score (nSPS) is 13.2. The van der Waals surface area contributed by atoms with Crippen molar-refractivity contribution in [2.24, 2.45) is 0 Å². The Labute approximate surface area is 216 Å². The fourth-order valence-corrected chi connectivity index (χ4v) is 4.42. The van der Waals surface area contributed by atoms with E-state index in [0.29, 0.717) is 48.7 Å². The Morgan fingerprint density at radius 1 is 0.838 bits per heavy atom. The lowest BCUT2D eigenvalue weighted by Gasteiger charge is -2.37. The maximum Gasteiger partial charge on any atom is 0.337 e. The summed E-state index contributed by atoms with van der Waals surface area (Å²) in [5.41, 5.74) is 4.34. The van der Waals surface area contributed by atoms with E-state index < -0.39 is 5.97 Å². The number of ether oxygens (including phenoxy) is 2. The molecule has 0 spiro atoms. The summed E-state index contributed by atoms with van der Waals surface area (Å²) in [5.74, 6) is -0.221. The number of aryl methyl sites for hydroxylation is 2. The highest BCUT2D eigenvalue weighted by Crippen LogP contribution is 2.29. The summed E-state index contributed by atoms with van der Waals surface area (Å²) in [4.78, 5) is 41.7. The second kappa shape index (κ2) is 11.6. The Bertz CT molecular complexity index is 1260. The van der Waals surface area contributed by atoms with Gasteiger partial charge in [0.05, 0.1) is 24.0 Å². The van der Waals surface area contributed by atoms with Gasteiger partial charge in [-0.15, -0.1) is 0 Å². The average Bonchev–Trinajstić information content (AvgIpc) is 2.91. The molecule has 3 aromatic rings. The molecule has 1 aliphatic heterocycles. The van der Waals surface area contributed by atoms with Crippen molar-refractivity contribution in [2.45, 2.75) is 13.8 Å². The Hall–Kier alpha value is -4.33. The van der Waals surface area contributed by atoms with Crippen LogP contribution < -0.4 is 15.0 Å². The zero-order valence-electron chi connectivity index (χ0n) is 21.3. The van der Waals surface area contributed by atoms with Crippen LogP contribution in [0.15, 0.2) is 66.7 Å². The van der Waals surface area contributed by atoms with Crippen LogP contribution in [0.25, 0.3) is 0 Å². The van der Waals surface area contributed by atoms with Crippen molar-refractivity contribution in [1.82, 2.24) is 4.90 Å². The number of amides is 2. The number of rotatable bonds is 7. The largest absolute Gasteiger partial charge is 0.484 e. The second-order valence-corrected chi connectivity index (χ2v) is 9.03. The number of nitrogens with one attached hydrogen (secondary N) is 1. The standard InChI is InChI=1S/C29H31N3O5/c1-20-15-21(2)17-24(16-20)37-19-27(33)30-25-18-23(29(35)36-3)9-10-26(25)31-11-13-32(14-12-31)28(34)22-7-5-4-6-8-22/h4-10,15-18H,11-14,19H2,1-3H3,(H,30,33). The van der Waals surface area contributed by atoms with Crippen molar-refractivity contribution in [1.29, 1.82) is 0 Å². The molecule has 0 bridgehead atoms. The van der Waals surface area contributed by atoms with E-state index in [1.54, 1.807) is 18.2 Å². The summed E-state index contributed by atoms with van der Waals surface area (Å²) in [7, 11) is 1.31. The molecule has 1 N–H and O–H groups in total. The maximum absolute atomic E-state index is 12.8. The molecule has 0 aromatic heterocycles. The number of methoxy groups -OCH3 is 1. The molecule has 37 heavy (non-hydrogen) atoms. The highest BCUT2D eigenvalue weighted by atomic mass is 16.5. The van der Waals surface area contributed by atoms with E-state index in [-0.39, 0.29) is 18.4 Å². The van der Waals surface area contributed by atoms with Crippen LogP contribution in [0.3, 0.4) is 0 Å². The number of esters is 1. The summed E-state index contributed by atoms with van der Waals surface area (Å²) in [5, 5.41) is 2.89. The minimum absolute atomic E-state index is 0.00153. The Morgan fingerprint density at radius 3 is 2.16 bits per heavy atom. The van der Waals surface area contributed by atoms with Gasteiger partial charge in [-0.05, 0) is 67.4 Å². The Kier molecular flexibility index (Phi) is 8.08. The SMILES string of the molecule is COC(=O)c1ccc(N2CCN(C(=O)c3ccccc3)CC2)c(NC(=O)COc2cc(C)cc(C)c2)c1. The second-order valence-electron chi connectivity index (χ2n) is 9.03. The van der Waals surface area contributed by atoms with E-state index in [9.17, 15) is 14.4 Å². The van der Waals surface area contributed by atoms with E-state index in [4.69, 9.17) is 9.47 Å². The van der Waals surface area contributed by atoms with Gasteiger partial charge in [-0.1, -0.05) is 24.3 Å². The van der Waals surface area contributed by atoms with Crippen LogP contribution in [0.5, 0.6) is 5.75 Å². The molecule has 8 nitrogen and oxygen atoms in total. The molecule has 2 amide bonds. The van der Waals surface area contributed by atoms with E-state index in [1.165, 1.54) is 7.11 Å². The zero-order chi connectivity index (χ0) is 26.4. The van der Waals surface area contributed by atoms with Crippen LogP contribution in [-0.2, 0) is 9.53 Å². The lowest BCUT2D eigenvalue weighted by Crippen LogP contribution is -2.49. The highest BCUT2D eigenvalue weighted by Gasteiger charge is 2.24. The van der Waals surface area contributed by atoms with Gasteiger partial charge in [0, 0.05) is 31.7 Å². The number of benzene rings is 3. The van der Waals surface area contributed by atoms with E-state index >= 15 is 0 Å². The first kappa shape index (κ1) is 25.8. The number of hydrogen-bond donors (Lipinski definition) is 1. The first-order valence-corrected chi connectivity index (χ1v) is 12.2. The average molecular weight is 502 g/mol. The number of piperazine rings is 1. The fourth-order valence-electron chi connectivity index (χ4n) is 4.42. The van der Waals surface area contributed by atoms with E-state index in [2.05, 4.69) is 10.2 Å². The van der Waals surface area contributed by atoms with Crippen LogP contribution in [-0.4, -0.2) is 62.6 Å². The molecule has 192 valence electrons. The first-order valence-electron chi connectivity index (χ1n) is 12.2. The van der Waals surface area contributed by atoms with Gasteiger partial charge in [0.15, 0.2) is 6.61 Å². The maximum atomic E-state index is 12.8. The van der Waals surface area contributed by atoms with Crippen molar-refractivity contribution < 1.29 is 23.9 Å². The van der Waals surface area contributed by atoms with Crippen LogP contribution in [0.2, 0.25) is 0 Å². The molecule has 0 unspecified atom stereocenters. The number of carbonyl (C=O) groups excluding carboxylic acids is 3. The third-order valence-electron chi connectivity index (χ3n) is 6.19. The van der Waals surface area contributed by atoms with Crippen LogP contribution >= 0.6 is 0 Å². The predicted octanol–water partition coefficient (Wildman–Crippen LogP) is 4.07. The smallest absolute Gasteiger partial charge is 0.337 e. The van der Waals surface area contributed by atoms with Gasteiger partial charge in [-0.3, -0.25) is 9.59 Å². The molecule has 1 saturated heterocycles. The quantitative estimate of drug-likeness (QED) is 0.491. The molecule has 1 aliphatic rings. The number of carbonyl (C=O) groups is 3. The Morgan fingerprint density at radius 2 is 1.51 bits per heavy atom. The zero-order valence-corrected chi connectivity index (χ0v) is 21.3. The van der Waals surface area contributed by atoms with Gasteiger partial charge in [0.2, 0.25) is 0 Å². The summed E-state index contributed by atoms with van der Waals surface area (Å²) >= 11 is 0. The molecular weight excluding hydrogens is 470 g/mol. The molecule has 0 atom stereocenters. The topological polar surface area (TPSA) is 88.2 Å². The summed E-state index contributed by atoms with van der Waals surface area (Å²) < 4.78 is 10.6. The molecule has 0 saturated carbocycles. The Balaban J connectivity index is 1.46. The van der Waals surface area contributed by atoms with Crippen molar-refractivity contribution in [3.63, 3.8) is 0 Å². The lowest BCUT2D eigenvalue weighted by atomic mass is 10.1. The van der Waals surface area contributed by atoms with Gasteiger partial charge < -0.3 is 24.6 Å². The third kappa shape index (κ3) is 6.46. The van der Waals surface area contributed by atoms with Crippen molar-refractivity contribution in [3.8, 4) is 5.75 Å². The van der Waals surface area contributed by atoms with Gasteiger partial charge >= 0.3 is 5.97 Å². The van der Waals surface area contributed by atoms with Crippen LogP contribution in [0.4, 0.5) is 11.4 Å². The van der Waals surface area contributed by atoms with Crippen molar-refractivity contribution >= 4 is 29.2 Å². The molecule has 3 aromatic carbocycles. The predicted molar refractivity (Wildman–Crippen MR) is 142 cm³/mol. The number of nitrogens with zero attached hydrogens (tertiary/aromatic N) is 2. The fraction of sp³-hybridized carbons (Fsp3) is 0.276. The molecule has 0 aliphatic carbocycles. The number of anilines is 2. The molecule has 8 heteroatoms. The highest BCUT2D eigenvalue weighted by molar-refractivity contribution is 5.99. The van der Waals surface area contributed by atoms with E-state index in [0.717, 1.165) is 16.8 Å². The van der Waals surface area contributed by atoms with Crippen molar-refractivity contribution in [3.05, 3.63) is 89.0 Å². The van der Waals surface area contributed by atoms with Crippen LogP contribution in [0.1, 0.15) is 31.8 Å². The third-order valence-corrected chi connectivity index (χ3v) is 6.19. The molecule has 1 heterocycles. The molecule has 1 fully saturated rings. The molecule has 4 rings (SSSR count). The summed E-state index contributed by atoms with van der Waals surface area (Å²) in [6, 6.07) is 20.1. The van der Waals surface area contributed by atoms with E-state index in [1.807, 2.05) is 67.3 Å². The van der Waals surface area contributed by atoms with Gasteiger partial charge in [0.1, 0.15) is 5.75 Å². The molecular formula is C29H31N3O5. The van der Waals surface area contributed by atoms with Gasteiger partial charge in [-0.25, -0.2) is 4.79 Å². The van der Waals surface area contributed by atoms with Crippen LogP contribution in [0, 0.1) is 13.8 Å². The van der Waals surface area contributed by atoms with Gasteiger partial charge in [0.25, 0.3) is 11.8 Å². The number of hydrogen-bond acceptors (Lipinski definition) is 6.